The Hall–Kier alpha value is -2.60. The Morgan fingerprint density at radius 1 is 1.00 bits per heavy atom. The van der Waals surface area contributed by atoms with Crippen molar-refractivity contribution < 1.29 is 9.59 Å². The van der Waals surface area contributed by atoms with Crippen LogP contribution < -0.4 is 15.3 Å². The molecule has 1 saturated heterocycles. The van der Waals surface area contributed by atoms with Crippen LogP contribution in [0.4, 0.5) is 11.4 Å². The lowest BCUT2D eigenvalue weighted by atomic mass is 10.1. The van der Waals surface area contributed by atoms with Crippen LogP contribution in [-0.4, -0.2) is 25.9 Å². The van der Waals surface area contributed by atoms with E-state index in [0.29, 0.717) is 5.69 Å². The van der Waals surface area contributed by atoms with E-state index < -0.39 is 5.91 Å². The molecule has 2 amide bonds. The van der Waals surface area contributed by atoms with Crippen LogP contribution in [-0.2, 0) is 9.59 Å². The first-order valence-corrected chi connectivity index (χ1v) is 8.15. The predicted molar refractivity (Wildman–Crippen MR) is 98.5 cm³/mol. The van der Waals surface area contributed by atoms with Gasteiger partial charge >= 0.3 is 0 Å². The summed E-state index contributed by atoms with van der Waals surface area (Å²) in [7, 11) is 3.91. The number of halogens is 1. The van der Waals surface area contributed by atoms with Crippen molar-refractivity contribution in [3.63, 3.8) is 0 Å². The summed E-state index contributed by atoms with van der Waals surface area (Å²) >= 11 is 3.35. The highest BCUT2D eigenvalue weighted by Gasteiger charge is 2.34. The molecule has 2 aromatic carbocycles. The van der Waals surface area contributed by atoms with Crippen molar-refractivity contribution in [1.29, 1.82) is 0 Å². The van der Waals surface area contributed by atoms with Crippen LogP contribution in [0, 0.1) is 0 Å². The van der Waals surface area contributed by atoms with Gasteiger partial charge < -0.3 is 4.90 Å². The van der Waals surface area contributed by atoms with E-state index >= 15 is 0 Å². The minimum absolute atomic E-state index is 0.121. The first-order chi connectivity index (χ1) is 11.5. The van der Waals surface area contributed by atoms with E-state index in [2.05, 4.69) is 21.4 Å². The second kappa shape index (κ2) is 6.49. The Kier molecular flexibility index (Phi) is 4.40. The molecule has 0 aromatic heterocycles. The number of hydrazine groups is 1. The van der Waals surface area contributed by atoms with Crippen LogP contribution in [0.3, 0.4) is 0 Å². The molecule has 24 heavy (non-hydrogen) atoms. The van der Waals surface area contributed by atoms with E-state index in [4.69, 9.17) is 0 Å². The van der Waals surface area contributed by atoms with E-state index in [1.807, 2.05) is 55.4 Å². The van der Waals surface area contributed by atoms with Gasteiger partial charge in [0.05, 0.1) is 5.69 Å². The van der Waals surface area contributed by atoms with E-state index in [-0.39, 0.29) is 11.5 Å². The van der Waals surface area contributed by atoms with Crippen molar-refractivity contribution in [3.05, 3.63) is 64.1 Å². The van der Waals surface area contributed by atoms with Crippen molar-refractivity contribution in [3.8, 4) is 0 Å². The fraction of sp³-hybridized carbons (Fsp3) is 0.111. The Morgan fingerprint density at radius 3 is 2.21 bits per heavy atom. The molecule has 6 heteroatoms. The van der Waals surface area contributed by atoms with Gasteiger partial charge in [-0.3, -0.25) is 15.0 Å². The lowest BCUT2D eigenvalue weighted by Crippen LogP contribution is -2.35. The standard InChI is InChI=1S/C18H16BrN3O2/c1-21(2)14-7-3-12(4-8-14)11-16-17(23)20-22(18(16)24)15-9-5-13(19)6-10-15/h3-11H,1-2H3,(H,20,23). The van der Waals surface area contributed by atoms with Crippen molar-refractivity contribution in [2.24, 2.45) is 0 Å². The van der Waals surface area contributed by atoms with Crippen LogP contribution in [0.1, 0.15) is 5.56 Å². The quantitative estimate of drug-likeness (QED) is 0.652. The van der Waals surface area contributed by atoms with Gasteiger partial charge in [0, 0.05) is 24.3 Å². The normalized spacial score (nSPS) is 15.8. The zero-order chi connectivity index (χ0) is 17.3. The molecular weight excluding hydrogens is 370 g/mol. The predicted octanol–water partition coefficient (Wildman–Crippen LogP) is 2.98. The summed E-state index contributed by atoms with van der Waals surface area (Å²) in [5, 5.41) is 1.26. The minimum Gasteiger partial charge on any atom is -0.378 e. The molecule has 1 fully saturated rings. The average molecular weight is 386 g/mol. The lowest BCUT2D eigenvalue weighted by Gasteiger charge is -2.14. The van der Waals surface area contributed by atoms with Gasteiger partial charge in [0.25, 0.3) is 11.8 Å². The van der Waals surface area contributed by atoms with Gasteiger partial charge in [0.1, 0.15) is 5.57 Å². The van der Waals surface area contributed by atoms with Gasteiger partial charge in [0.15, 0.2) is 0 Å². The highest BCUT2D eigenvalue weighted by Crippen LogP contribution is 2.23. The first-order valence-electron chi connectivity index (χ1n) is 7.36. The Morgan fingerprint density at radius 2 is 1.62 bits per heavy atom. The monoisotopic (exact) mass is 385 g/mol. The smallest absolute Gasteiger partial charge is 0.282 e. The van der Waals surface area contributed by atoms with E-state index in [1.165, 1.54) is 5.01 Å². The zero-order valence-electron chi connectivity index (χ0n) is 13.3. The second-order valence-corrected chi connectivity index (χ2v) is 6.52. The van der Waals surface area contributed by atoms with Crippen LogP contribution in [0.5, 0.6) is 0 Å². The number of nitrogens with zero attached hydrogens (tertiary/aromatic N) is 2. The molecule has 0 radical (unpaired) electrons. The Labute approximate surface area is 148 Å². The number of nitrogens with one attached hydrogen (secondary N) is 1. The lowest BCUT2D eigenvalue weighted by molar-refractivity contribution is -0.117. The molecule has 5 nitrogen and oxygen atoms in total. The van der Waals surface area contributed by atoms with E-state index in [0.717, 1.165) is 15.7 Å². The van der Waals surface area contributed by atoms with Gasteiger partial charge in [-0.1, -0.05) is 28.1 Å². The van der Waals surface area contributed by atoms with Crippen LogP contribution in [0.25, 0.3) is 6.08 Å². The second-order valence-electron chi connectivity index (χ2n) is 5.60. The Balaban J connectivity index is 1.87. The highest BCUT2D eigenvalue weighted by molar-refractivity contribution is 9.10. The van der Waals surface area contributed by atoms with E-state index in [9.17, 15) is 9.59 Å². The molecule has 1 N–H and O–H groups in total. The minimum atomic E-state index is -0.403. The molecule has 0 aliphatic carbocycles. The number of carbonyl (C=O) groups is 2. The number of carbonyl (C=O) groups excluding carboxylic acids is 2. The van der Waals surface area contributed by atoms with Crippen molar-refractivity contribution >= 4 is 45.2 Å². The maximum absolute atomic E-state index is 12.5. The molecule has 122 valence electrons. The SMILES string of the molecule is CN(C)c1ccc(C=C2C(=O)NN(c3ccc(Br)cc3)C2=O)cc1. The largest absolute Gasteiger partial charge is 0.378 e. The molecule has 0 bridgehead atoms. The third kappa shape index (κ3) is 3.19. The number of hydrogen-bond acceptors (Lipinski definition) is 3. The van der Waals surface area contributed by atoms with Crippen LogP contribution in [0.2, 0.25) is 0 Å². The molecule has 1 heterocycles. The number of hydrogen-bond donors (Lipinski definition) is 1. The molecule has 0 spiro atoms. The third-order valence-corrected chi connectivity index (χ3v) is 4.23. The summed E-state index contributed by atoms with van der Waals surface area (Å²) in [4.78, 5) is 26.7. The summed E-state index contributed by atoms with van der Waals surface area (Å²) in [6.45, 7) is 0. The molecule has 0 saturated carbocycles. The van der Waals surface area contributed by atoms with Gasteiger partial charge in [0.2, 0.25) is 0 Å². The van der Waals surface area contributed by atoms with Crippen molar-refractivity contribution in [2.45, 2.75) is 0 Å². The summed E-state index contributed by atoms with van der Waals surface area (Å²) in [5.41, 5.74) is 5.18. The molecule has 2 aromatic rings. The molecule has 1 aliphatic heterocycles. The van der Waals surface area contributed by atoms with E-state index in [1.54, 1.807) is 18.2 Å². The fourth-order valence-corrected chi connectivity index (χ4v) is 2.63. The topological polar surface area (TPSA) is 52.7 Å². The number of anilines is 2. The third-order valence-electron chi connectivity index (χ3n) is 3.70. The van der Waals surface area contributed by atoms with Gasteiger partial charge in [-0.25, -0.2) is 5.01 Å². The Bertz CT molecular complexity index is 811. The summed E-state index contributed by atoms with van der Waals surface area (Å²) < 4.78 is 0.904. The molecule has 0 unspecified atom stereocenters. The average Bonchev–Trinajstić information content (AvgIpc) is 2.84. The van der Waals surface area contributed by atoms with Gasteiger partial charge in [-0.05, 0) is 48.0 Å². The number of rotatable bonds is 3. The first kappa shape index (κ1) is 16.3. The number of benzene rings is 2. The zero-order valence-corrected chi connectivity index (χ0v) is 14.9. The number of amides is 2. The summed E-state index contributed by atoms with van der Waals surface area (Å²) in [6.07, 6.45) is 1.61. The molecule has 1 aliphatic rings. The molecular formula is C18H16BrN3O2. The summed E-state index contributed by atoms with van der Waals surface area (Å²) in [6, 6.07) is 14.8. The van der Waals surface area contributed by atoms with Crippen LogP contribution in [0.15, 0.2) is 58.6 Å². The highest BCUT2D eigenvalue weighted by atomic mass is 79.9. The van der Waals surface area contributed by atoms with Gasteiger partial charge in [-0.15, -0.1) is 0 Å². The molecule has 3 rings (SSSR count). The maximum Gasteiger partial charge on any atom is 0.282 e. The summed E-state index contributed by atoms with van der Waals surface area (Å²) in [5.74, 6) is -0.765. The fourth-order valence-electron chi connectivity index (χ4n) is 2.36. The van der Waals surface area contributed by atoms with Crippen molar-refractivity contribution in [1.82, 2.24) is 5.43 Å². The molecule has 0 atom stereocenters. The maximum atomic E-state index is 12.5. The van der Waals surface area contributed by atoms with Crippen LogP contribution >= 0.6 is 15.9 Å². The van der Waals surface area contributed by atoms with Gasteiger partial charge in [-0.2, -0.15) is 0 Å². The van der Waals surface area contributed by atoms with Crippen molar-refractivity contribution in [2.75, 3.05) is 24.0 Å².